The summed E-state index contributed by atoms with van der Waals surface area (Å²) in [5, 5.41) is 10.2. The van der Waals surface area contributed by atoms with Crippen molar-refractivity contribution in [1.29, 1.82) is 5.41 Å². The summed E-state index contributed by atoms with van der Waals surface area (Å²) in [5.41, 5.74) is 8.77. The van der Waals surface area contributed by atoms with E-state index < -0.39 is 0 Å². The SMILES string of the molecule is COc1cccc(CNC(=O)c2cn3cc(/C(C=N)=C/N)ccc3n2)c1. The van der Waals surface area contributed by atoms with Crippen molar-refractivity contribution in [3.8, 4) is 5.75 Å². The molecule has 0 unspecified atom stereocenters. The number of nitrogens with two attached hydrogens (primary N) is 1. The third kappa shape index (κ3) is 3.56. The van der Waals surface area contributed by atoms with Crippen LogP contribution < -0.4 is 15.8 Å². The molecule has 7 heteroatoms. The molecule has 0 saturated carbocycles. The molecule has 0 radical (unpaired) electrons. The number of rotatable bonds is 6. The lowest BCUT2D eigenvalue weighted by atomic mass is 10.1. The average molecular weight is 349 g/mol. The molecule has 4 N–H and O–H groups in total. The lowest BCUT2D eigenvalue weighted by Crippen LogP contribution is -2.23. The number of nitrogens with one attached hydrogen (secondary N) is 2. The van der Waals surface area contributed by atoms with Gasteiger partial charge in [-0.15, -0.1) is 0 Å². The number of fused-ring (bicyclic) bond motifs is 1. The Morgan fingerprint density at radius 3 is 2.92 bits per heavy atom. The van der Waals surface area contributed by atoms with Crippen LogP contribution in [0.4, 0.5) is 0 Å². The maximum Gasteiger partial charge on any atom is 0.271 e. The summed E-state index contributed by atoms with van der Waals surface area (Å²) < 4.78 is 6.92. The summed E-state index contributed by atoms with van der Waals surface area (Å²) >= 11 is 0. The molecule has 0 atom stereocenters. The van der Waals surface area contributed by atoms with Crippen LogP contribution in [-0.4, -0.2) is 28.6 Å². The van der Waals surface area contributed by atoms with Crippen LogP contribution in [0.5, 0.6) is 5.75 Å². The molecule has 0 aliphatic carbocycles. The van der Waals surface area contributed by atoms with Gasteiger partial charge in [-0.3, -0.25) is 4.79 Å². The summed E-state index contributed by atoms with van der Waals surface area (Å²) in [6.45, 7) is 0.378. The number of hydrogen-bond donors (Lipinski definition) is 3. The summed E-state index contributed by atoms with van der Waals surface area (Å²) in [5.74, 6) is 0.478. The minimum Gasteiger partial charge on any atom is -0.497 e. The lowest BCUT2D eigenvalue weighted by molar-refractivity contribution is 0.0946. The molecule has 0 spiro atoms. The number of pyridine rings is 1. The molecule has 0 aliphatic rings. The molecule has 2 heterocycles. The molecule has 0 fully saturated rings. The lowest BCUT2D eigenvalue weighted by Gasteiger charge is -2.05. The number of methoxy groups -OCH3 is 1. The number of benzene rings is 1. The summed E-state index contributed by atoms with van der Waals surface area (Å²) in [6.07, 6.45) is 5.98. The third-order valence-electron chi connectivity index (χ3n) is 3.94. The van der Waals surface area contributed by atoms with Crippen LogP contribution in [0.25, 0.3) is 11.2 Å². The van der Waals surface area contributed by atoms with E-state index in [0.29, 0.717) is 23.5 Å². The first kappa shape index (κ1) is 17.2. The Hall–Kier alpha value is -3.61. The monoisotopic (exact) mass is 349 g/mol. The van der Waals surface area contributed by atoms with E-state index >= 15 is 0 Å². The van der Waals surface area contributed by atoms with Gasteiger partial charge < -0.3 is 25.6 Å². The zero-order valence-corrected chi connectivity index (χ0v) is 14.3. The average Bonchev–Trinajstić information content (AvgIpc) is 3.11. The number of nitrogens with zero attached hydrogens (tertiary/aromatic N) is 2. The van der Waals surface area contributed by atoms with Crippen molar-refractivity contribution in [3.63, 3.8) is 0 Å². The minimum atomic E-state index is -0.264. The third-order valence-corrected chi connectivity index (χ3v) is 3.94. The molecule has 132 valence electrons. The minimum absolute atomic E-state index is 0.264. The highest BCUT2D eigenvalue weighted by atomic mass is 16.5. The van der Waals surface area contributed by atoms with Crippen molar-refractivity contribution < 1.29 is 9.53 Å². The van der Waals surface area contributed by atoms with Crippen molar-refractivity contribution in [1.82, 2.24) is 14.7 Å². The zero-order chi connectivity index (χ0) is 18.5. The normalized spacial score (nSPS) is 11.3. The smallest absolute Gasteiger partial charge is 0.271 e. The van der Waals surface area contributed by atoms with E-state index in [-0.39, 0.29) is 5.91 Å². The number of allylic oxidation sites excluding steroid dienone is 1. The van der Waals surface area contributed by atoms with Gasteiger partial charge in [0.2, 0.25) is 0 Å². The predicted octanol–water partition coefficient (Wildman–Crippen LogP) is 2.22. The van der Waals surface area contributed by atoms with Gasteiger partial charge in [0.25, 0.3) is 5.91 Å². The maximum absolute atomic E-state index is 12.4. The second-order valence-electron chi connectivity index (χ2n) is 5.61. The van der Waals surface area contributed by atoms with Crippen LogP contribution in [0, 0.1) is 5.41 Å². The summed E-state index contributed by atoms with van der Waals surface area (Å²) in [7, 11) is 1.60. The molecular weight excluding hydrogens is 330 g/mol. The molecule has 2 aromatic heterocycles. The highest BCUT2D eigenvalue weighted by molar-refractivity contribution is 6.08. The molecule has 7 nitrogen and oxygen atoms in total. The zero-order valence-electron chi connectivity index (χ0n) is 14.3. The molecule has 0 saturated heterocycles. The Kier molecular flexibility index (Phi) is 4.98. The topological polar surface area (TPSA) is 106 Å². The Morgan fingerprint density at radius 2 is 2.19 bits per heavy atom. The highest BCUT2D eigenvalue weighted by Crippen LogP contribution is 2.15. The van der Waals surface area contributed by atoms with E-state index in [1.807, 2.05) is 30.3 Å². The molecule has 0 bridgehead atoms. The van der Waals surface area contributed by atoms with E-state index in [1.54, 1.807) is 30.0 Å². The summed E-state index contributed by atoms with van der Waals surface area (Å²) in [6, 6.07) is 11.1. The first-order valence-electron chi connectivity index (χ1n) is 7.97. The van der Waals surface area contributed by atoms with Crippen molar-refractivity contribution in [2.24, 2.45) is 5.73 Å². The fourth-order valence-corrected chi connectivity index (χ4v) is 2.55. The fraction of sp³-hybridized carbons (Fsp3) is 0.105. The molecule has 1 aromatic carbocycles. The number of imidazole rings is 1. The van der Waals surface area contributed by atoms with Gasteiger partial charge in [-0.25, -0.2) is 4.98 Å². The van der Waals surface area contributed by atoms with E-state index in [0.717, 1.165) is 16.9 Å². The van der Waals surface area contributed by atoms with Gasteiger partial charge in [-0.2, -0.15) is 0 Å². The molecular formula is C19H19N5O2. The van der Waals surface area contributed by atoms with Crippen molar-refractivity contribution in [3.05, 3.63) is 71.8 Å². The van der Waals surface area contributed by atoms with E-state index in [4.69, 9.17) is 15.9 Å². The van der Waals surface area contributed by atoms with Crippen molar-refractivity contribution in [2.45, 2.75) is 6.54 Å². The van der Waals surface area contributed by atoms with Crippen LogP contribution in [0.2, 0.25) is 0 Å². The molecule has 1 amide bonds. The van der Waals surface area contributed by atoms with E-state index in [2.05, 4.69) is 10.3 Å². The molecule has 3 aromatic rings. The standard InChI is InChI=1S/C19H19N5O2/c1-26-16-4-2-3-13(7-16)10-22-19(25)17-12-24-11-14(15(8-20)9-21)5-6-18(24)23-17/h2-9,11-12,20H,10,21H2,1H3,(H,22,25)/b15-9+,20-8?. The van der Waals surface area contributed by atoms with Crippen molar-refractivity contribution in [2.75, 3.05) is 7.11 Å². The van der Waals surface area contributed by atoms with Crippen LogP contribution >= 0.6 is 0 Å². The van der Waals surface area contributed by atoms with Gasteiger partial charge >= 0.3 is 0 Å². The van der Waals surface area contributed by atoms with E-state index in [1.165, 1.54) is 12.4 Å². The summed E-state index contributed by atoms with van der Waals surface area (Å²) in [4.78, 5) is 16.7. The van der Waals surface area contributed by atoms with Gasteiger partial charge in [-0.05, 0) is 29.8 Å². The Labute approximate surface area is 150 Å². The van der Waals surface area contributed by atoms with Gasteiger partial charge in [0.05, 0.1) is 7.11 Å². The Bertz CT molecular complexity index is 991. The van der Waals surface area contributed by atoms with Crippen LogP contribution in [0.1, 0.15) is 21.6 Å². The Balaban J connectivity index is 1.76. The highest BCUT2D eigenvalue weighted by Gasteiger charge is 2.11. The van der Waals surface area contributed by atoms with Crippen LogP contribution in [0.3, 0.4) is 0 Å². The second kappa shape index (κ2) is 7.52. The first-order chi connectivity index (χ1) is 12.6. The van der Waals surface area contributed by atoms with Crippen LogP contribution in [0.15, 0.2) is 55.0 Å². The van der Waals surface area contributed by atoms with Gasteiger partial charge in [-0.1, -0.05) is 12.1 Å². The largest absolute Gasteiger partial charge is 0.497 e. The number of carbonyl (C=O) groups excluding carboxylic acids is 1. The number of amides is 1. The fourth-order valence-electron chi connectivity index (χ4n) is 2.55. The number of carbonyl (C=O) groups is 1. The molecule has 3 rings (SSSR count). The quantitative estimate of drug-likeness (QED) is 0.593. The van der Waals surface area contributed by atoms with Crippen molar-refractivity contribution >= 4 is 23.3 Å². The Morgan fingerprint density at radius 1 is 1.35 bits per heavy atom. The first-order valence-corrected chi connectivity index (χ1v) is 7.97. The van der Waals surface area contributed by atoms with Gasteiger partial charge in [0, 0.05) is 42.5 Å². The second-order valence-corrected chi connectivity index (χ2v) is 5.61. The van der Waals surface area contributed by atoms with Crippen LogP contribution in [-0.2, 0) is 6.54 Å². The number of aromatic nitrogens is 2. The predicted molar refractivity (Wildman–Crippen MR) is 100 cm³/mol. The molecule has 0 aliphatic heterocycles. The number of ether oxygens (including phenoxy) is 1. The number of hydrogen-bond acceptors (Lipinski definition) is 5. The van der Waals surface area contributed by atoms with E-state index in [9.17, 15) is 4.79 Å². The van der Waals surface area contributed by atoms with Gasteiger partial charge in [0.1, 0.15) is 17.1 Å². The van der Waals surface area contributed by atoms with Gasteiger partial charge in [0.15, 0.2) is 0 Å². The maximum atomic E-state index is 12.4. The molecule has 26 heavy (non-hydrogen) atoms.